The molecule has 0 unspecified atom stereocenters. The van der Waals surface area contributed by atoms with Crippen molar-refractivity contribution in [2.75, 3.05) is 32.7 Å². The Labute approximate surface area is 275 Å². The second kappa shape index (κ2) is 18.4. The first-order chi connectivity index (χ1) is 22.8. The van der Waals surface area contributed by atoms with E-state index < -0.39 is 11.9 Å². The Hall–Kier alpha value is -4.70. The predicted molar refractivity (Wildman–Crippen MR) is 178 cm³/mol. The molecule has 1 aliphatic heterocycles. The molecule has 0 spiro atoms. The number of halogens is 2. The van der Waals surface area contributed by atoms with Crippen molar-refractivity contribution in [3.8, 4) is 0 Å². The summed E-state index contributed by atoms with van der Waals surface area (Å²) in [6.07, 6.45) is 3.05. The van der Waals surface area contributed by atoms with Crippen LogP contribution in [0.4, 0.5) is 8.78 Å². The zero-order chi connectivity index (χ0) is 33.4. The van der Waals surface area contributed by atoms with E-state index in [9.17, 15) is 18.4 Å². The molecule has 4 aromatic carbocycles. The fourth-order valence-electron chi connectivity index (χ4n) is 5.66. The molecule has 2 N–H and O–H groups in total. The van der Waals surface area contributed by atoms with Crippen molar-refractivity contribution in [3.05, 3.63) is 155 Å². The predicted octanol–water partition coefficient (Wildman–Crippen LogP) is 6.82. The molecule has 1 aliphatic rings. The minimum Gasteiger partial charge on any atom is -0.478 e. The van der Waals surface area contributed by atoms with Crippen LogP contribution in [-0.4, -0.2) is 69.8 Å². The summed E-state index contributed by atoms with van der Waals surface area (Å²) in [5.41, 5.74) is 4.79. The van der Waals surface area contributed by atoms with E-state index in [1.54, 1.807) is 0 Å². The summed E-state index contributed by atoms with van der Waals surface area (Å²) >= 11 is 0. The number of hydrogen-bond acceptors (Lipinski definition) is 5. The maximum atomic E-state index is 13.6. The van der Waals surface area contributed by atoms with Crippen LogP contribution in [0.3, 0.4) is 0 Å². The summed E-state index contributed by atoms with van der Waals surface area (Å²) in [5.74, 6) is -2.87. The molecule has 5 rings (SSSR count). The third-order valence-corrected chi connectivity index (χ3v) is 8.04. The summed E-state index contributed by atoms with van der Waals surface area (Å²) in [6.45, 7) is 6.77. The van der Waals surface area contributed by atoms with E-state index >= 15 is 0 Å². The Morgan fingerprint density at radius 1 is 0.617 bits per heavy atom. The van der Waals surface area contributed by atoms with Crippen molar-refractivity contribution < 1.29 is 28.6 Å². The second-order valence-electron chi connectivity index (χ2n) is 11.4. The number of nitrogens with zero attached hydrogens (tertiary/aromatic N) is 3. The van der Waals surface area contributed by atoms with Crippen molar-refractivity contribution in [1.82, 2.24) is 14.9 Å². The lowest BCUT2D eigenvalue weighted by Crippen LogP contribution is -2.42. The van der Waals surface area contributed by atoms with Crippen LogP contribution in [0.2, 0.25) is 0 Å². The summed E-state index contributed by atoms with van der Waals surface area (Å²) in [6, 6.07) is 34.9. The molecule has 0 aliphatic carbocycles. The first-order valence-corrected chi connectivity index (χ1v) is 15.7. The van der Waals surface area contributed by atoms with E-state index in [0.717, 1.165) is 69.8 Å². The van der Waals surface area contributed by atoms with Crippen LogP contribution in [0.25, 0.3) is 0 Å². The lowest BCUT2D eigenvalue weighted by molar-refractivity contribution is -0.134. The average Bonchev–Trinajstić information content (AvgIpc) is 3.26. The van der Waals surface area contributed by atoms with Gasteiger partial charge >= 0.3 is 11.9 Å². The molecule has 4 aromatic rings. The minimum atomic E-state index is -1.26. The van der Waals surface area contributed by atoms with Gasteiger partial charge < -0.3 is 15.1 Å². The zero-order valence-electron chi connectivity index (χ0n) is 26.3. The molecule has 0 atom stereocenters. The Morgan fingerprint density at radius 2 is 1.02 bits per heavy atom. The van der Waals surface area contributed by atoms with Crippen LogP contribution in [-0.2, 0) is 22.7 Å². The topological polar surface area (TPSA) is 84.3 Å². The number of carboxylic acids is 2. The highest BCUT2D eigenvalue weighted by molar-refractivity contribution is 5.89. The van der Waals surface area contributed by atoms with Gasteiger partial charge in [0.15, 0.2) is 0 Å². The highest BCUT2D eigenvalue weighted by Gasteiger charge is 2.23. The van der Waals surface area contributed by atoms with Crippen molar-refractivity contribution in [3.63, 3.8) is 0 Å². The van der Waals surface area contributed by atoms with Gasteiger partial charge in [-0.05, 0) is 65.9 Å². The van der Waals surface area contributed by atoms with Gasteiger partial charge in [0.05, 0.1) is 0 Å². The first kappa shape index (κ1) is 35.2. The van der Waals surface area contributed by atoms with Crippen molar-refractivity contribution in [2.45, 2.75) is 31.8 Å². The summed E-state index contributed by atoms with van der Waals surface area (Å²) in [7, 11) is 0. The molecule has 0 saturated carbocycles. The van der Waals surface area contributed by atoms with E-state index in [1.165, 1.54) is 35.4 Å². The standard InChI is InChI=1S/C34H37F2N3.C4H4O4/c35-32-17-13-30(14-18-32)34(31-15-19-33(36)20-16-31)12-7-21-37-22-24-38(26-28-8-3-1-4-9-28)39(25-23-37)27-29-10-5-2-6-11-29;5-3(6)1-2-4(7)8/h1-6,8-11,13-20,34H,7,12,21-27H2;1-2H,(H,5,6)(H,7,8)/b;2-1+. The molecule has 0 bridgehead atoms. The van der Waals surface area contributed by atoms with Crippen molar-refractivity contribution in [2.24, 2.45) is 0 Å². The number of hydrazine groups is 1. The number of aliphatic carboxylic acids is 2. The van der Waals surface area contributed by atoms with Gasteiger partial charge in [0, 0.05) is 57.3 Å². The molecule has 1 heterocycles. The molecule has 1 saturated heterocycles. The maximum Gasteiger partial charge on any atom is 0.328 e. The normalized spacial score (nSPS) is 14.4. The fraction of sp³-hybridized carbons (Fsp3) is 0.263. The molecule has 0 amide bonds. The van der Waals surface area contributed by atoms with E-state index in [0.29, 0.717) is 12.2 Å². The molecular formula is C38H41F2N3O4. The van der Waals surface area contributed by atoms with Gasteiger partial charge in [0.25, 0.3) is 0 Å². The quantitative estimate of drug-likeness (QED) is 0.164. The molecule has 7 nitrogen and oxygen atoms in total. The highest BCUT2D eigenvalue weighted by atomic mass is 19.1. The SMILES string of the molecule is Fc1ccc(C(CCCN2CCN(Cc3ccccc3)N(Cc3ccccc3)CC2)c2ccc(F)cc2)cc1.O=C(O)/C=C/C(=O)O. The number of rotatable bonds is 12. The summed E-state index contributed by atoms with van der Waals surface area (Å²) in [4.78, 5) is 21.7. The van der Waals surface area contributed by atoms with E-state index in [2.05, 4.69) is 75.6 Å². The van der Waals surface area contributed by atoms with E-state index in [-0.39, 0.29) is 17.6 Å². The van der Waals surface area contributed by atoms with Crippen LogP contribution < -0.4 is 0 Å². The summed E-state index contributed by atoms with van der Waals surface area (Å²) in [5, 5.41) is 20.6. The molecule has 47 heavy (non-hydrogen) atoms. The van der Waals surface area contributed by atoms with Gasteiger partial charge in [-0.1, -0.05) is 84.9 Å². The molecule has 0 aromatic heterocycles. The Morgan fingerprint density at radius 3 is 1.40 bits per heavy atom. The third-order valence-electron chi connectivity index (χ3n) is 8.04. The Bertz CT molecular complexity index is 1440. The van der Waals surface area contributed by atoms with Gasteiger partial charge in [-0.2, -0.15) is 0 Å². The van der Waals surface area contributed by atoms with Crippen molar-refractivity contribution in [1.29, 1.82) is 0 Å². The largest absolute Gasteiger partial charge is 0.478 e. The molecule has 1 fully saturated rings. The highest BCUT2D eigenvalue weighted by Crippen LogP contribution is 2.30. The second-order valence-corrected chi connectivity index (χ2v) is 11.4. The van der Waals surface area contributed by atoms with Gasteiger partial charge in [0.2, 0.25) is 0 Å². The Balaban J connectivity index is 0.000000555. The fourth-order valence-corrected chi connectivity index (χ4v) is 5.66. The smallest absolute Gasteiger partial charge is 0.328 e. The van der Waals surface area contributed by atoms with Gasteiger partial charge in [0.1, 0.15) is 11.6 Å². The average molecular weight is 642 g/mol. The third kappa shape index (κ3) is 12.2. The lowest BCUT2D eigenvalue weighted by Gasteiger charge is -2.33. The van der Waals surface area contributed by atoms with Crippen LogP contribution in [0.1, 0.15) is 41.0 Å². The van der Waals surface area contributed by atoms with Crippen LogP contribution in [0.5, 0.6) is 0 Å². The van der Waals surface area contributed by atoms with Crippen LogP contribution >= 0.6 is 0 Å². The lowest BCUT2D eigenvalue weighted by atomic mass is 9.87. The zero-order valence-corrected chi connectivity index (χ0v) is 26.3. The van der Waals surface area contributed by atoms with Gasteiger partial charge in [-0.25, -0.2) is 28.4 Å². The molecule has 0 radical (unpaired) electrons. The van der Waals surface area contributed by atoms with E-state index in [1.807, 2.05) is 24.3 Å². The molecular weight excluding hydrogens is 600 g/mol. The number of carboxylic acid groups (broad SMARTS) is 2. The van der Waals surface area contributed by atoms with Gasteiger partial charge in [-0.15, -0.1) is 0 Å². The van der Waals surface area contributed by atoms with Crippen LogP contribution in [0, 0.1) is 11.6 Å². The monoisotopic (exact) mass is 641 g/mol. The van der Waals surface area contributed by atoms with Crippen LogP contribution in [0.15, 0.2) is 121 Å². The van der Waals surface area contributed by atoms with E-state index in [4.69, 9.17) is 10.2 Å². The maximum absolute atomic E-state index is 13.6. The molecule has 9 heteroatoms. The number of hydrogen-bond donors (Lipinski definition) is 2. The Kier molecular flexibility index (Phi) is 13.8. The minimum absolute atomic E-state index is 0.113. The molecule has 246 valence electrons. The number of carbonyl (C=O) groups is 2. The summed E-state index contributed by atoms with van der Waals surface area (Å²) < 4.78 is 27.2. The van der Waals surface area contributed by atoms with Crippen molar-refractivity contribution >= 4 is 11.9 Å². The van der Waals surface area contributed by atoms with Gasteiger partial charge in [-0.3, -0.25) is 0 Å². The first-order valence-electron chi connectivity index (χ1n) is 15.7. The number of benzene rings is 4.